The molecule has 4 rings (SSSR count). The highest BCUT2D eigenvalue weighted by molar-refractivity contribution is 6.30. The van der Waals surface area contributed by atoms with Crippen molar-refractivity contribution in [1.82, 2.24) is 15.0 Å². The number of nitro benzene ring substituents is 1. The van der Waals surface area contributed by atoms with Gasteiger partial charge in [0, 0.05) is 41.4 Å². The third-order valence-corrected chi connectivity index (χ3v) is 5.16. The largest absolute Gasteiger partial charge is 0.339 e. The smallest absolute Gasteiger partial charge is 0.270 e. The lowest BCUT2D eigenvalue weighted by Gasteiger charge is -2.31. The molecule has 1 aromatic heterocycles. The monoisotopic (exact) mass is 412 g/mol. The number of hydrogen-bond acceptors (Lipinski definition) is 6. The van der Waals surface area contributed by atoms with Gasteiger partial charge in [-0.05, 0) is 43.2 Å². The molecule has 1 unspecified atom stereocenters. The normalized spacial score (nSPS) is 16.6. The molecule has 3 aromatic rings. The molecule has 0 bridgehead atoms. The summed E-state index contributed by atoms with van der Waals surface area (Å²) in [5.41, 5.74) is 0.992. The molecule has 0 saturated carbocycles. The van der Waals surface area contributed by atoms with Crippen LogP contribution in [0.15, 0.2) is 53.1 Å². The molecule has 0 radical (unpaired) electrons. The quantitative estimate of drug-likeness (QED) is 0.467. The van der Waals surface area contributed by atoms with E-state index in [2.05, 4.69) is 10.1 Å². The van der Waals surface area contributed by atoms with Gasteiger partial charge in [0.25, 0.3) is 11.6 Å². The highest BCUT2D eigenvalue weighted by Gasteiger charge is 2.29. The lowest BCUT2D eigenvalue weighted by molar-refractivity contribution is -0.384. The van der Waals surface area contributed by atoms with Gasteiger partial charge in [0.1, 0.15) is 0 Å². The number of likely N-dealkylation sites (tertiary alicyclic amines) is 1. The maximum Gasteiger partial charge on any atom is 0.270 e. The first-order valence-corrected chi connectivity index (χ1v) is 9.52. The molecular weight excluding hydrogens is 396 g/mol. The zero-order valence-electron chi connectivity index (χ0n) is 15.3. The maximum atomic E-state index is 12.8. The van der Waals surface area contributed by atoms with E-state index in [4.69, 9.17) is 16.1 Å². The molecule has 1 saturated heterocycles. The molecule has 9 heteroatoms. The summed E-state index contributed by atoms with van der Waals surface area (Å²) in [6.45, 7) is 1.000. The predicted molar refractivity (Wildman–Crippen MR) is 106 cm³/mol. The van der Waals surface area contributed by atoms with Crippen molar-refractivity contribution in [2.75, 3.05) is 13.1 Å². The molecular formula is C20H17ClN4O4. The second-order valence-corrected chi connectivity index (χ2v) is 7.30. The fourth-order valence-corrected chi connectivity index (χ4v) is 3.54. The Balaban J connectivity index is 1.50. The Hall–Kier alpha value is -3.26. The first kappa shape index (κ1) is 19.1. The van der Waals surface area contributed by atoms with Crippen molar-refractivity contribution in [3.8, 4) is 11.4 Å². The summed E-state index contributed by atoms with van der Waals surface area (Å²) in [5, 5.41) is 15.6. The molecule has 1 fully saturated rings. The van der Waals surface area contributed by atoms with Crippen LogP contribution in [0.25, 0.3) is 11.4 Å². The van der Waals surface area contributed by atoms with E-state index in [1.807, 2.05) is 12.1 Å². The van der Waals surface area contributed by atoms with Crippen LogP contribution in [0.3, 0.4) is 0 Å². The number of benzene rings is 2. The third-order valence-electron chi connectivity index (χ3n) is 4.91. The molecule has 8 nitrogen and oxygen atoms in total. The number of amides is 1. The van der Waals surface area contributed by atoms with Gasteiger partial charge in [0.05, 0.1) is 10.8 Å². The first-order chi connectivity index (χ1) is 14.0. The first-order valence-electron chi connectivity index (χ1n) is 9.14. The number of halogens is 1. The number of hydrogen-bond donors (Lipinski definition) is 0. The summed E-state index contributed by atoms with van der Waals surface area (Å²) in [5.74, 6) is 0.626. The van der Waals surface area contributed by atoms with Crippen molar-refractivity contribution in [2.45, 2.75) is 18.8 Å². The SMILES string of the molecule is O=C(c1cccc([N+](=O)[O-])c1)N1CCCC(c2nc(-c3ccc(Cl)cc3)no2)C1. The number of aromatic nitrogens is 2. The highest BCUT2D eigenvalue weighted by Crippen LogP contribution is 2.29. The Bertz CT molecular complexity index is 1050. The number of piperidine rings is 1. The van der Waals surface area contributed by atoms with Gasteiger partial charge >= 0.3 is 0 Å². The van der Waals surface area contributed by atoms with Crippen molar-refractivity contribution in [2.24, 2.45) is 0 Å². The zero-order chi connectivity index (χ0) is 20.4. The third kappa shape index (κ3) is 4.12. The van der Waals surface area contributed by atoms with Crippen LogP contribution in [0.4, 0.5) is 5.69 Å². The van der Waals surface area contributed by atoms with Gasteiger partial charge in [-0.15, -0.1) is 0 Å². The molecule has 0 aliphatic carbocycles. The van der Waals surface area contributed by atoms with Crippen LogP contribution < -0.4 is 0 Å². The summed E-state index contributed by atoms with van der Waals surface area (Å²) in [6, 6.07) is 12.9. The summed E-state index contributed by atoms with van der Waals surface area (Å²) in [6.07, 6.45) is 1.60. The summed E-state index contributed by atoms with van der Waals surface area (Å²) < 4.78 is 5.45. The average molecular weight is 413 g/mol. The highest BCUT2D eigenvalue weighted by atomic mass is 35.5. The Morgan fingerprint density at radius 1 is 1.24 bits per heavy atom. The second kappa shape index (κ2) is 8.00. The Kier molecular flexibility index (Phi) is 5.26. The van der Waals surface area contributed by atoms with Crippen molar-refractivity contribution >= 4 is 23.2 Å². The van der Waals surface area contributed by atoms with Gasteiger partial charge in [-0.25, -0.2) is 0 Å². The number of carbonyl (C=O) groups excluding carboxylic acids is 1. The van der Waals surface area contributed by atoms with Crippen LogP contribution in [0.1, 0.15) is 35.0 Å². The summed E-state index contributed by atoms with van der Waals surface area (Å²) in [7, 11) is 0. The average Bonchev–Trinajstić information content (AvgIpc) is 3.24. The van der Waals surface area contributed by atoms with Gasteiger partial charge in [-0.3, -0.25) is 14.9 Å². The minimum absolute atomic E-state index is 0.0834. The Labute approximate surface area is 171 Å². The van der Waals surface area contributed by atoms with Gasteiger partial charge in [0.2, 0.25) is 11.7 Å². The van der Waals surface area contributed by atoms with E-state index in [1.165, 1.54) is 18.2 Å². The van der Waals surface area contributed by atoms with E-state index in [9.17, 15) is 14.9 Å². The van der Waals surface area contributed by atoms with Crippen molar-refractivity contribution in [3.05, 3.63) is 75.1 Å². The molecule has 29 heavy (non-hydrogen) atoms. The molecule has 1 amide bonds. The van der Waals surface area contributed by atoms with Crippen LogP contribution in [-0.4, -0.2) is 39.0 Å². The number of nitro groups is 1. The van der Waals surface area contributed by atoms with Crippen LogP contribution in [0.2, 0.25) is 5.02 Å². The van der Waals surface area contributed by atoms with E-state index in [-0.39, 0.29) is 17.5 Å². The number of carbonyl (C=O) groups is 1. The van der Waals surface area contributed by atoms with Gasteiger partial charge < -0.3 is 9.42 Å². The molecule has 148 valence electrons. The molecule has 1 aliphatic heterocycles. The van der Waals surface area contributed by atoms with Crippen LogP contribution >= 0.6 is 11.6 Å². The molecule has 1 atom stereocenters. The van der Waals surface area contributed by atoms with Crippen LogP contribution in [0, 0.1) is 10.1 Å². The van der Waals surface area contributed by atoms with E-state index in [0.29, 0.717) is 35.4 Å². The van der Waals surface area contributed by atoms with Crippen LogP contribution in [0.5, 0.6) is 0 Å². The minimum Gasteiger partial charge on any atom is -0.339 e. The number of non-ortho nitro benzene ring substituents is 1. The van der Waals surface area contributed by atoms with Crippen molar-refractivity contribution in [3.63, 3.8) is 0 Å². The van der Waals surface area contributed by atoms with Crippen molar-refractivity contribution < 1.29 is 14.2 Å². The van der Waals surface area contributed by atoms with Gasteiger partial charge in [0.15, 0.2) is 0 Å². The molecule has 1 aliphatic rings. The predicted octanol–water partition coefficient (Wildman–Crippen LogP) is 4.32. The maximum absolute atomic E-state index is 12.8. The summed E-state index contributed by atoms with van der Waals surface area (Å²) >= 11 is 5.91. The van der Waals surface area contributed by atoms with Crippen molar-refractivity contribution in [1.29, 1.82) is 0 Å². The topological polar surface area (TPSA) is 102 Å². The van der Waals surface area contributed by atoms with E-state index in [1.54, 1.807) is 23.1 Å². The Morgan fingerprint density at radius 3 is 2.79 bits per heavy atom. The fourth-order valence-electron chi connectivity index (χ4n) is 3.42. The van der Waals surface area contributed by atoms with Crippen LogP contribution in [-0.2, 0) is 0 Å². The van der Waals surface area contributed by atoms with Gasteiger partial charge in [-0.2, -0.15) is 4.98 Å². The number of nitrogens with zero attached hydrogens (tertiary/aromatic N) is 4. The second-order valence-electron chi connectivity index (χ2n) is 6.86. The zero-order valence-corrected chi connectivity index (χ0v) is 16.1. The fraction of sp³-hybridized carbons (Fsp3) is 0.250. The molecule has 0 spiro atoms. The summed E-state index contributed by atoms with van der Waals surface area (Å²) in [4.78, 5) is 29.5. The standard InChI is InChI=1S/C20H17ClN4O4/c21-16-8-6-13(7-9-16)18-22-19(29-23-18)15-4-2-10-24(12-15)20(26)14-3-1-5-17(11-14)25(27)28/h1,3,5-9,11,15H,2,4,10,12H2. The molecule has 0 N–H and O–H groups in total. The number of rotatable bonds is 4. The lowest BCUT2D eigenvalue weighted by Crippen LogP contribution is -2.39. The minimum atomic E-state index is -0.507. The van der Waals surface area contributed by atoms with E-state index >= 15 is 0 Å². The Morgan fingerprint density at radius 2 is 2.03 bits per heavy atom. The molecule has 2 aromatic carbocycles. The van der Waals surface area contributed by atoms with Gasteiger partial charge in [-0.1, -0.05) is 22.8 Å². The lowest BCUT2D eigenvalue weighted by atomic mass is 9.97. The molecule has 2 heterocycles. The van der Waals surface area contributed by atoms with E-state index < -0.39 is 4.92 Å². The van der Waals surface area contributed by atoms with E-state index in [0.717, 1.165) is 18.4 Å².